The van der Waals surface area contributed by atoms with Crippen molar-refractivity contribution in [2.24, 2.45) is 0 Å². The molecule has 0 bridgehead atoms. The first-order chi connectivity index (χ1) is 15.0. The maximum absolute atomic E-state index is 13.0. The summed E-state index contributed by atoms with van der Waals surface area (Å²) in [5.41, 5.74) is 1.11. The van der Waals surface area contributed by atoms with Crippen molar-refractivity contribution >= 4 is 27.7 Å². The van der Waals surface area contributed by atoms with Crippen LogP contribution in [0, 0.1) is 0 Å². The molecule has 0 unspecified atom stereocenters. The van der Waals surface area contributed by atoms with E-state index in [4.69, 9.17) is 9.47 Å². The monoisotopic (exact) mass is 444 g/mol. The highest BCUT2D eigenvalue weighted by molar-refractivity contribution is 7.89. The van der Waals surface area contributed by atoms with Crippen LogP contribution in [0.3, 0.4) is 0 Å². The molecule has 1 saturated heterocycles. The molecular formula is C23H28N2O5S. The molecular weight excluding hydrogens is 416 g/mol. The molecule has 1 fully saturated rings. The van der Waals surface area contributed by atoms with E-state index in [0.717, 1.165) is 25.7 Å². The van der Waals surface area contributed by atoms with E-state index in [0.29, 0.717) is 35.8 Å². The molecule has 1 amide bonds. The number of rotatable bonds is 7. The summed E-state index contributed by atoms with van der Waals surface area (Å²) in [6.45, 7) is 1.06. The van der Waals surface area contributed by atoms with Gasteiger partial charge in [0.1, 0.15) is 0 Å². The molecule has 0 aromatic heterocycles. The number of sulfonamides is 1. The molecule has 2 aromatic carbocycles. The van der Waals surface area contributed by atoms with Crippen LogP contribution in [-0.4, -0.2) is 45.9 Å². The third kappa shape index (κ3) is 5.65. The molecule has 166 valence electrons. The van der Waals surface area contributed by atoms with E-state index in [1.54, 1.807) is 49.6 Å². The largest absolute Gasteiger partial charge is 0.493 e. The lowest BCUT2D eigenvalue weighted by Crippen LogP contribution is -2.32. The summed E-state index contributed by atoms with van der Waals surface area (Å²) in [7, 11) is -0.502. The second-order valence-electron chi connectivity index (χ2n) is 7.25. The van der Waals surface area contributed by atoms with Gasteiger partial charge in [0.25, 0.3) is 0 Å². The van der Waals surface area contributed by atoms with Crippen LogP contribution >= 0.6 is 0 Å². The van der Waals surface area contributed by atoms with Gasteiger partial charge < -0.3 is 14.8 Å². The zero-order chi connectivity index (χ0) is 22.3. The van der Waals surface area contributed by atoms with Gasteiger partial charge in [0, 0.05) is 30.4 Å². The van der Waals surface area contributed by atoms with Crippen LogP contribution in [0.1, 0.15) is 31.2 Å². The number of carbonyl (C=O) groups is 1. The number of ether oxygens (including phenoxy) is 2. The molecule has 1 aliphatic rings. The Labute approximate surface area is 183 Å². The molecule has 8 heteroatoms. The van der Waals surface area contributed by atoms with Gasteiger partial charge in [-0.2, -0.15) is 4.31 Å². The first-order valence-electron chi connectivity index (χ1n) is 10.3. The van der Waals surface area contributed by atoms with Crippen LogP contribution < -0.4 is 14.8 Å². The van der Waals surface area contributed by atoms with Crippen molar-refractivity contribution in [3.05, 3.63) is 54.1 Å². The highest BCUT2D eigenvalue weighted by Crippen LogP contribution is 2.31. The van der Waals surface area contributed by atoms with Gasteiger partial charge in [-0.05, 0) is 43.2 Å². The van der Waals surface area contributed by atoms with Crippen molar-refractivity contribution in [1.29, 1.82) is 0 Å². The molecule has 0 radical (unpaired) electrons. The van der Waals surface area contributed by atoms with E-state index in [2.05, 4.69) is 5.32 Å². The SMILES string of the molecule is COc1cccc(C=CC(=O)Nc2cccc(S(=O)(=O)N3CCCCCC3)c2)c1OC. The minimum atomic E-state index is -3.58. The van der Waals surface area contributed by atoms with Crippen molar-refractivity contribution in [3.63, 3.8) is 0 Å². The smallest absolute Gasteiger partial charge is 0.248 e. The molecule has 0 atom stereocenters. The fraction of sp³-hybridized carbons (Fsp3) is 0.348. The first kappa shape index (κ1) is 22.8. The molecule has 1 N–H and O–H groups in total. The third-order valence-corrected chi connectivity index (χ3v) is 7.05. The summed E-state index contributed by atoms with van der Waals surface area (Å²) in [6.07, 6.45) is 6.82. The fourth-order valence-corrected chi connectivity index (χ4v) is 5.12. The maximum Gasteiger partial charge on any atom is 0.248 e. The minimum Gasteiger partial charge on any atom is -0.493 e. The Kier molecular flexibility index (Phi) is 7.70. The lowest BCUT2D eigenvalue weighted by Gasteiger charge is -2.20. The van der Waals surface area contributed by atoms with Crippen molar-refractivity contribution in [2.75, 3.05) is 32.6 Å². The Bertz CT molecular complexity index is 1040. The van der Waals surface area contributed by atoms with Crippen molar-refractivity contribution in [2.45, 2.75) is 30.6 Å². The van der Waals surface area contributed by atoms with E-state index >= 15 is 0 Å². The summed E-state index contributed by atoms with van der Waals surface area (Å²) >= 11 is 0. The topological polar surface area (TPSA) is 84.9 Å². The Morgan fingerprint density at radius 3 is 2.39 bits per heavy atom. The molecule has 1 heterocycles. The van der Waals surface area contributed by atoms with Gasteiger partial charge in [-0.15, -0.1) is 0 Å². The number of methoxy groups -OCH3 is 2. The van der Waals surface area contributed by atoms with Gasteiger partial charge in [0.15, 0.2) is 11.5 Å². The molecule has 1 aliphatic heterocycles. The van der Waals surface area contributed by atoms with Crippen molar-refractivity contribution < 1.29 is 22.7 Å². The van der Waals surface area contributed by atoms with Crippen LogP contribution in [0.15, 0.2) is 53.4 Å². The highest BCUT2D eigenvalue weighted by atomic mass is 32.2. The van der Waals surface area contributed by atoms with Crippen LogP contribution in [0.4, 0.5) is 5.69 Å². The van der Waals surface area contributed by atoms with Gasteiger partial charge in [-0.25, -0.2) is 8.42 Å². The van der Waals surface area contributed by atoms with Crippen molar-refractivity contribution in [1.82, 2.24) is 4.31 Å². The first-order valence-corrected chi connectivity index (χ1v) is 11.7. The molecule has 0 aliphatic carbocycles. The Morgan fingerprint density at radius 2 is 1.71 bits per heavy atom. The summed E-state index contributed by atoms with van der Waals surface area (Å²) in [4.78, 5) is 12.6. The Balaban J connectivity index is 1.74. The van der Waals surface area contributed by atoms with Crippen LogP contribution in [0.2, 0.25) is 0 Å². The lowest BCUT2D eigenvalue weighted by molar-refractivity contribution is -0.111. The molecule has 2 aromatic rings. The molecule has 0 spiro atoms. The Morgan fingerprint density at radius 1 is 1.00 bits per heavy atom. The molecule has 31 heavy (non-hydrogen) atoms. The molecule has 7 nitrogen and oxygen atoms in total. The summed E-state index contributed by atoms with van der Waals surface area (Å²) in [5, 5.41) is 2.73. The second kappa shape index (κ2) is 10.5. The van der Waals surface area contributed by atoms with E-state index in [1.165, 1.54) is 23.6 Å². The third-order valence-electron chi connectivity index (χ3n) is 5.15. The standard InChI is InChI=1S/C23H28N2O5S/c1-29-21-12-7-9-18(23(21)30-2)13-14-22(26)24-19-10-8-11-20(17-19)31(27,28)25-15-5-3-4-6-16-25/h7-14,17H,3-6,15-16H2,1-2H3,(H,24,26). The van der Waals surface area contributed by atoms with Gasteiger partial charge in [-0.1, -0.05) is 31.0 Å². The fourth-order valence-electron chi connectivity index (χ4n) is 3.56. The van der Waals surface area contributed by atoms with E-state index in [1.807, 2.05) is 0 Å². The number of carbonyl (C=O) groups excluding carboxylic acids is 1. The van der Waals surface area contributed by atoms with E-state index in [-0.39, 0.29) is 10.8 Å². The number of nitrogens with zero attached hydrogens (tertiary/aromatic N) is 1. The van der Waals surface area contributed by atoms with Gasteiger partial charge in [0.2, 0.25) is 15.9 Å². The second-order valence-corrected chi connectivity index (χ2v) is 9.19. The average molecular weight is 445 g/mol. The number of nitrogens with one attached hydrogen (secondary N) is 1. The molecule has 0 saturated carbocycles. The minimum absolute atomic E-state index is 0.186. The summed E-state index contributed by atoms with van der Waals surface area (Å²) < 4.78 is 38.1. The van der Waals surface area contributed by atoms with Gasteiger partial charge >= 0.3 is 0 Å². The average Bonchev–Trinajstić information content (AvgIpc) is 3.07. The van der Waals surface area contributed by atoms with E-state index in [9.17, 15) is 13.2 Å². The predicted molar refractivity (Wildman–Crippen MR) is 121 cm³/mol. The Hall–Kier alpha value is -2.84. The summed E-state index contributed by atoms with van der Waals surface area (Å²) in [5.74, 6) is 0.713. The molecule has 3 rings (SSSR count). The number of para-hydroxylation sites is 1. The van der Waals surface area contributed by atoms with Gasteiger partial charge in [-0.3, -0.25) is 4.79 Å². The van der Waals surface area contributed by atoms with Crippen LogP contribution in [0.25, 0.3) is 6.08 Å². The summed E-state index contributed by atoms with van der Waals surface area (Å²) in [6, 6.07) is 11.7. The zero-order valence-corrected chi connectivity index (χ0v) is 18.7. The quantitative estimate of drug-likeness (QED) is 0.655. The number of amides is 1. The van der Waals surface area contributed by atoms with Crippen LogP contribution in [-0.2, 0) is 14.8 Å². The predicted octanol–water partition coefficient (Wildman–Crippen LogP) is 3.92. The van der Waals surface area contributed by atoms with E-state index < -0.39 is 10.0 Å². The van der Waals surface area contributed by atoms with Gasteiger partial charge in [0.05, 0.1) is 19.1 Å². The number of benzene rings is 2. The lowest BCUT2D eigenvalue weighted by atomic mass is 10.1. The van der Waals surface area contributed by atoms with Crippen molar-refractivity contribution in [3.8, 4) is 11.5 Å². The zero-order valence-electron chi connectivity index (χ0n) is 17.8. The number of anilines is 1. The highest BCUT2D eigenvalue weighted by Gasteiger charge is 2.25. The normalized spacial score (nSPS) is 15.4. The number of hydrogen-bond acceptors (Lipinski definition) is 5. The van der Waals surface area contributed by atoms with Crippen LogP contribution in [0.5, 0.6) is 11.5 Å². The number of hydrogen-bond donors (Lipinski definition) is 1. The maximum atomic E-state index is 13.0.